The first-order chi connectivity index (χ1) is 42.7. The number of halogens is 2. The number of benzene rings is 4. The van der Waals surface area contributed by atoms with Crippen LogP contribution in [-0.2, 0) is 19.2 Å². The van der Waals surface area contributed by atoms with Crippen LogP contribution < -0.4 is 31.9 Å². The van der Waals surface area contributed by atoms with Crippen molar-refractivity contribution >= 4 is 47.0 Å². The summed E-state index contributed by atoms with van der Waals surface area (Å²) in [6.07, 6.45) is 11.0. The summed E-state index contributed by atoms with van der Waals surface area (Å²) in [5.74, 6) is -3.90. The van der Waals surface area contributed by atoms with Crippen molar-refractivity contribution in [2.45, 2.75) is 114 Å². The topological polar surface area (TPSA) is 241 Å². The van der Waals surface area contributed by atoms with E-state index >= 15 is 0 Å². The largest absolute Gasteiger partial charge is 0.352 e. The lowest BCUT2D eigenvalue weighted by molar-refractivity contribution is -0.138. The molecule has 20 heteroatoms. The van der Waals surface area contributed by atoms with Crippen LogP contribution in [0.15, 0.2) is 134 Å². The van der Waals surface area contributed by atoms with E-state index in [1.54, 1.807) is 96.8 Å². The molecule has 6 atom stereocenters. The maximum absolute atomic E-state index is 14.4. The molecule has 0 saturated carbocycles. The molecule has 2 aliphatic rings. The lowest BCUT2D eigenvalue weighted by atomic mass is 9.99. The summed E-state index contributed by atoms with van der Waals surface area (Å²) in [7, 11) is 1.65. The number of rotatable bonds is 27. The zero-order chi connectivity index (χ0) is 63.8. The summed E-state index contributed by atoms with van der Waals surface area (Å²) < 4.78 is 49.9. The minimum atomic E-state index is -2.61. The number of hydrogen-bond acceptors (Lipinski definition) is 12. The number of aromatic nitrogens is 2. The number of likely N-dealkylation sites (tertiary alicyclic amines) is 2. The molecule has 86 heavy (non-hydrogen) atoms. The molecule has 0 radical (unpaired) electrons. The highest BCUT2D eigenvalue weighted by Gasteiger charge is 2.37. The van der Waals surface area contributed by atoms with E-state index in [1.165, 1.54) is 67.8 Å². The van der Waals surface area contributed by atoms with Crippen LogP contribution in [0.4, 0.5) is 8.78 Å². The van der Waals surface area contributed by atoms with E-state index in [9.17, 15) is 47.1 Å². The first kappa shape index (κ1) is 58.9. The fraction of sp³-hybridized carbons (Fsp3) is 0.364. The second kappa shape index (κ2) is 30.3. The normalized spacial score (nSPS) is 16.8. The van der Waals surface area contributed by atoms with Gasteiger partial charge in [0.25, 0.3) is 11.8 Å². The highest BCUT2D eigenvalue weighted by Crippen LogP contribution is 2.35. The second-order valence-electron chi connectivity index (χ2n) is 21.7. The van der Waals surface area contributed by atoms with E-state index < -0.39 is 54.7 Å². The number of ketones is 2. The predicted molar refractivity (Wildman–Crippen MR) is 321 cm³/mol. The molecule has 8 rings (SSSR count). The van der Waals surface area contributed by atoms with E-state index in [-0.39, 0.29) is 71.2 Å². The molecule has 0 spiro atoms. The van der Waals surface area contributed by atoms with Crippen LogP contribution in [0.1, 0.15) is 158 Å². The Hall–Kier alpha value is -8.88. The van der Waals surface area contributed by atoms with E-state index in [4.69, 9.17) is 4.11 Å². The maximum Gasteiger partial charge on any atom is 0.251 e. The van der Waals surface area contributed by atoms with Gasteiger partial charge in [-0.2, -0.15) is 0 Å². The summed E-state index contributed by atoms with van der Waals surface area (Å²) in [4.78, 5) is 120. The fourth-order valence-corrected chi connectivity index (χ4v) is 10.7. The Morgan fingerprint density at radius 2 is 0.907 bits per heavy atom. The van der Waals surface area contributed by atoms with Crippen LogP contribution in [0.3, 0.4) is 0 Å². The molecule has 2 aliphatic heterocycles. The molecule has 6 amide bonds. The predicted octanol–water partition coefficient (Wildman–Crippen LogP) is 7.60. The van der Waals surface area contributed by atoms with Crippen molar-refractivity contribution in [3.63, 3.8) is 0 Å². The van der Waals surface area contributed by atoms with Crippen LogP contribution in [0.5, 0.6) is 0 Å². The van der Waals surface area contributed by atoms with Gasteiger partial charge in [0, 0.05) is 88.5 Å². The minimum Gasteiger partial charge on any atom is -0.352 e. The van der Waals surface area contributed by atoms with Crippen LogP contribution in [0, 0.1) is 11.6 Å². The second-order valence-corrected chi connectivity index (χ2v) is 21.7. The summed E-state index contributed by atoms with van der Waals surface area (Å²) in [5.41, 5.74) is 4.91. The standard InChI is InChI=1S/C66H74F2N10O8/c1-41(69-3)61(81)75-55(65(85)77-33-9-13-57(77)49-35-51(39-71-37-49)59(79)45-23-27-53(67)28-24-45)11-5-7-31-73-63(83)47-19-15-43(16-20-47)44-17-21-48(22-18-44)64(84)74-32-8-6-12-56(76-62(82)42(2)70-4)66(86)78-34-10-14-58(78)50-36-52(40-72-38-50)60(80)46-25-29-54(68)30-26-46/h15-30,35-42,55-58,69-70H,5-14,31-34H2,1-4H3,(H,73,83)(H,74,84)(H,75,81)(H,76,82)/t41-,42-,55-,56-,57-,58-/m0/s1/i3T3. The summed E-state index contributed by atoms with van der Waals surface area (Å²) in [6.45, 7) is 1.85. The number of amides is 6. The molecule has 6 N–H and O–H groups in total. The molecule has 2 fully saturated rings. The molecule has 4 heterocycles. The van der Waals surface area contributed by atoms with Gasteiger partial charge in [-0.3, -0.25) is 48.3 Å². The van der Waals surface area contributed by atoms with Gasteiger partial charge in [-0.25, -0.2) is 8.78 Å². The zero-order valence-electron chi connectivity index (χ0n) is 51.4. The molecular weight excluding hydrogens is 1100 g/mol. The summed E-state index contributed by atoms with van der Waals surface area (Å²) >= 11 is 0. The maximum atomic E-state index is 14.4. The van der Waals surface area contributed by atoms with Crippen molar-refractivity contribution in [2.75, 3.05) is 40.2 Å². The van der Waals surface area contributed by atoms with Gasteiger partial charge in [0.1, 0.15) is 23.7 Å². The summed E-state index contributed by atoms with van der Waals surface area (Å²) in [6, 6.07) is 23.3. The zero-order valence-corrected chi connectivity index (χ0v) is 48.4. The molecule has 6 aromatic rings. The van der Waals surface area contributed by atoms with Crippen LogP contribution >= 0.6 is 0 Å². The number of carbonyl (C=O) groups is 8. The number of pyridine rings is 2. The van der Waals surface area contributed by atoms with Crippen LogP contribution in [0.2, 0.25) is 0 Å². The van der Waals surface area contributed by atoms with Gasteiger partial charge < -0.3 is 41.7 Å². The highest BCUT2D eigenvalue weighted by molar-refractivity contribution is 6.09. The number of hydrogen-bond donors (Lipinski definition) is 6. The number of likely N-dealkylation sites (N-methyl/N-ethyl adjacent to an activating group) is 2. The van der Waals surface area contributed by atoms with Crippen LogP contribution in [0.25, 0.3) is 11.1 Å². The van der Waals surface area contributed by atoms with Gasteiger partial charge in [-0.15, -0.1) is 0 Å². The van der Waals surface area contributed by atoms with Crippen molar-refractivity contribution in [1.29, 1.82) is 0 Å². The SMILES string of the molecule is [3H]C([3H])([3H])N[C@@H](C)C(=O)N[C@@H](CCCCNC(=O)c1ccc(-c2ccc(C(=O)NCCCC[C@H](NC(=O)[C@H](C)NC)C(=O)N3CCC[C@H]3c3cncc(C(=O)c4ccc(F)cc4)c3)cc2)cc1)C(=O)N1CCC[C@H]1c1cncc(C(=O)c2ccc(F)cc2)c1. The van der Waals surface area contributed by atoms with Crippen molar-refractivity contribution in [2.24, 2.45) is 0 Å². The Morgan fingerprint density at radius 3 is 1.29 bits per heavy atom. The Labute approximate surface area is 503 Å². The smallest absolute Gasteiger partial charge is 0.251 e. The molecule has 0 aliphatic carbocycles. The van der Waals surface area contributed by atoms with Crippen molar-refractivity contribution in [1.82, 2.24) is 51.7 Å². The number of carbonyl (C=O) groups excluding carboxylic acids is 8. The summed E-state index contributed by atoms with van der Waals surface area (Å²) in [5, 5.41) is 16.7. The number of nitrogens with one attached hydrogen (secondary N) is 6. The van der Waals surface area contributed by atoms with Crippen molar-refractivity contribution < 1.29 is 51.2 Å². The van der Waals surface area contributed by atoms with Gasteiger partial charge >= 0.3 is 0 Å². The molecular formula is C66H74F2N10O8. The Kier molecular flexibility index (Phi) is 20.7. The molecule has 2 saturated heterocycles. The van der Waals surface area contributed by atoms with Crippen molar-refractivity contribution in [3.8, 4) is 11.1 Å². The number of nitrogens with zero attached hydrogens (tertiary/aromatic N) is 4. The highest BCUT2D eigenvalue weighted by atomic mass is 19.1. The van der Waals surface area contributed by atoms with Gasteiger partial charge in [0.2, 0.25) is 23.6 Å². The molecule has 2 aromatic heterocycles. The van der Waals surface area contributed by atoms with E-state index in [0.717, 1.165) is 11.1 Å². The first-order valence-corrected chi connectivity index (χ1v) is 29.1. The average Bonchev–Trinajstić information content (AvgIpc) is 2.89. The molecule has 4 aromatic carbocycles. The van der Waals surface area contributed by atoms with Crippen LogP contribution in [-0.4, -0.2) is 131 Å². The molecule has 450 valence electrons. The van der Waals surface area contributed by atoms with E-state index in [1.807, 2.05) is 0 Å². The van der Waals surface area contributed by atoms with Gasteiger partial charge in [0.05, 0.1) is 24.2 Å². The average molecular weight is 1180 g/mol. The van der Waals surface area contributed by atoms with E-state index in [2.05, 4.69) is 41.9 Å². The number of unbranched alkanes of at least 4 members (excludes halogenated alkanes) is 2. The fourth-order valence-electron chi connectivity index (χ4n) is 10.7. The Balaban J connectivity index is 0.799. The van der Waals surface area contributed by atoms with Gasteiger partial charge in [-0.1, -0.05) is 24.3 Å². The Morgan fingerprint density at radius 1 is 0.523 bits per heavy atom. The molecule has 18 nitrogen and oxygen atoms in total. The Bertz CT molecular complexity index is 3490. The third-order valence-corrected chi connectivity index (χ3v) is 15.8. The van der Waals surface area contributed by atoms with Gasteiger partial charge in [0.15, 0.2) is 11.6 Å². The molecule has 0 bridgehead atoms. The minimum absolute atomic E-state index is 0.177. The lowest BCUT2D eigenvalue weighted by Crippen LogP contribution is -2.52. The third kappa shape index (κ3) is 16.3. The van der Waals surface area contributed by atoms with E-state index in [0.29, 0.717) is 111 Å². The first-order valence-electron chi connectivity index (χ1n) is 30.6. The molecule has 0 unspecified atom stereocenters. The van der Waals surface area contributed by atoms with Crippen molar-refractivity contribution in [3.05, 3.63) is 190 Å². The third-order valence-electron chi connectivity index (χ3n) is 15.8. The lowest BCUT2D eigenvalue weighted by Gasteiger charge is -2.30. The quantitative estimate of drug-likeness (QED) is 0.0216. The van der Waals surface area contributed by atoms with Gasteiger partial charge in [-0.05, 0) is 199 Å². The monoisotopic (exact) mass is 1180 g/mol.